The number of fused-ring (bicyclic) bond motifs is 1. The molecule has 0 spiro atoms. The number of hydrogen-bond donors (Lipinski definition) is 1. The highest BCUT2D eigenvalue weighted by molar-refractivity contribution is 5.77. The summed E-state index contributed by atoms with van der Waals surface area (Å²) in [6, 6.07) is 0. The molecule has 1 unspecified atom stereocenters. The van der Waals surface area contributed by atoms with E-state index in [1.165, 1.54) is 19.1 Å². The number of aromatic nitrogens is 3. The lowest BCUT2D eigenvalue weighted by molar-refractivity contribution is -0.168. The second kappa shape index (κ2) is 9.85. The van der Waals surface area contributed by atoms with Gasteiger partial charge in [-0.15, -0.1) is 5.10 Å². The summed E-state index contributed by atoms with van der Waals surface area (Å²) in [6.45, 7) is 12.3. The maximum absolute atomic E-state index is 12.7. The van der Waals surface area contributed by atoms with Crippen molar-refractivity contribution in [1.29, 1.82) is 0 Å². The number of hydrogen-bond acceptors (Lipinski definition) is 5. The molecular weight excluding hydrogens is 390 g/mol. The summed E-state index contributed by atoms with van der Waals surface area (Å²) < 4.78 is 7.14. The molecule has 0 aliphatic heterocycles. The molecule has 2 aliphatic rings. The van der Waals surface area contributed by atoms with E-state index in [9.17, 15) is 4.79 Å². The van der Waals surface area contributed by atoms with Crippen LogP contribution in [0.4, 0.5) is 0 Å². The predicted octanol–water partition coefficient (Wildman–Crippen LogP) is 4.57. The van der Waals surface area contributed by atoms with E-state index in [2.05, 4.69) is 37.7 Å². The van der Waals surface area contributed by atoms with Crippen LogP contribution in [0.2, 0.25) is 0 Å². The third-order valence-electron chi connectivity index (χ3n) is 8.42. The van der Waals surface area contributed by atoms with Crippen LogP contribution >= 0.6 is 0 Å². The Kier molecular flexibility index (Phi) is 7.61. The Hall–Kier alpha value is -1.69. The molecule has 5 atom stereocenters. The van der Waals surface area contributed by atoms with Crippen molar-refractivity contribution in [1.82, 2.24) is 15.0 Å². The maximum atomic E-state index is 12.7. The topological polar surface area (TPSA) is 77.2 Å². The molecule has 1 heterocycles. The number of ether oxygens (including phenoxy) is 1. The minimum Gasteiger partial charge on any atom is -0.469 e. The van der Waals surface area contributed by atoms with Crippen molar-refractivity contribution in [3.8, 4) is 0 Å². The molecule has 31 heavy (non-hydrogen) atoms. The van der Waals surface area contributed by atoms with Crippen LogP contribution in [0.1, 0.15) is 77.8 Å². The van der Waals surface area contributed by atoms with Crippen molar-refractivity contribution in [2.24, 2.45) is 28.6 Å². The number of aliphatic hydroxyl groups excluding tert-OH is 1. The highest BCUT2D eigenvalue weighted by Gasteiger charge is 2.57. The molecule has 1 aromatic heterocycles. The van der Waals surface area contributed by atoms with Crippen LogP contribution in [0, 0.1) is 28.6 Å². The van der Waals surface area contributed by atoms with Gasteiger partial charge in [-0.05, 0) is 68.6 Å². The molecule has 6 nitrogen and oxygen atoms in total. The van der Waals surface area contributed by atoms with Crippen LogP contribution in [0.25, 0.3) is 0 Å². The highest BCUT2D eigenvalue weighted by atomic mass is 16.5. The fourth-order valence-electron chi connectivity index (χ4n) is 6.58. The minimum atomic E-state index is -0.369. The maximum Gasteiger partial charge on any atom is 0.311 e. The number of aryl methyl sites for hydroxylation is 1. The van der Waals surface area contributed by atoms with Crippen molar-refractivity contribution in [2.45, 2.75) is 85.1 Å². The van der Waals surface area contributed by atoms with E-state index in [0.29, 0.717) is 24.2 Å². The van der Waals surface area contributed by atoms with E-state index in [1.807, 2.05) is 10.9 Å². The summed E-state index contributed by atoms with van der Waals surface area (Å²) in [7, 11) is 1.53. The van der Waals surface area contributed by atoms with Gasteiger partial charge in [-0.3, -0.25) is 9.48 Å². The smallest absolute Gasteiger partial charge is 0.311 e. The van der Waals surface area contributed by atoms with E-state index in [0.717, 1.165) is 57.2 Å². The second-order valence-corrected chi connectivity index (χ2v) is 10.5. The molecule has 1 aromatic rings. The average molecular weight is 432 g/mol. The summed E-state index contributed by atoms with van der Waals surface area (Å²) >= 11 is 0. The summed E-state index contributed by atoms with van der Waals surface area (Å²) in [4.78, 5) is 12.7. The fraction of sp³-hybridized carbons (Fsp3) is 0.800. The Morgan fingerprint density at radius 2 is 2.16 bits per heavy atom. The summed E-state index contributed by atoms with van der Waals surface area (Å²) in [6.07, 6.45) is 11.1. The molecule has 2 aliphatic carbocycles. The van der Waals surface area contributed by atoms with Crippen molar-refractivity contribution >= 4 is 5.97 Å². The van der Waals surface area contributed by atoms with Crippen molar-refractivity contribution < 1.29 is 14.6 Å². The summed E-state index contributed by atoms with van der Waals surface area (Å²) in [5, 5.41) is 17.3. The van der Waals surface area contributed by atoms with Gasteiger partial charge in [-0.25, -0.2) is 0 Å². The molecule has 0 aromatic carbocycles. The normalized spacial score (nSPS) is 31.8. The Labute approximate surface area is 187 Å². The Bertz CT molecular complexity index is 776. The lowest BCUT2D eigenvalue weighted by Gasteiger charge is -2.57. The van der Waals surface area contributed by atoms with Crippen LogP contribution in [-0.2, 0) is 22.5 Å². The largest absolute Gasteiger partial charge is 0.469 e. The zero-order valence-corrected chi connectivity index (χ0v) is 19.9. The second-order valence-electron chi connectivity index (χ2n) is 10.5. The molecule has 2 saturated carbocycles. The zero-order chi connectivity index (χ0) is 22.6. The first kappa shape index (κ1) is 24.0. The summed E-state index contributed by atoms with van der Waals surface area (Å²) in [5.74, 6) is 1.39. The number of allylic oxidation sites excluding steroid dienone is 1. The van der Waals surface area contributed by atoms with Gasteiger partial charge in [0, 0.05) is 25.8 Å². The van der Waals surface area contributed by atoms with Crippen LogP contribution in [0.15, 0.2) is 18.3 Å². The third kappa shape index (κ3) is 4.89. The molecule has 6 heteroatoms. The molecule has 3 rings (SSSR count). The molecule has 0 bridgehead atoms. The van der Waals surface area contributed by atoms with Crippen molar-refractivity contribution in [3.63, 3.8) is 0 Å². The van der Waals surface area contributed by atoms with Crippen LogP contribution < -0.4 is 0 Å². The number of nitrogens with zero attached hydrogens (tertiary/aromatic N) is 3. The lowest BCUT2D eigenvalue weighted by Crippen LogP contribution is -2.53. The van der Waals surface area contributed by atoms with Gasteiger partial charge in [0.2, 0.25) is 0 Å². The van der Waals surface area contributed by atoms with Crippen molar-refractivity contribution in [2.75, 3.05) is 13.7 Å². The van der Waals surface area contributed by atoms with Gasteiger partial charge in [0.25, 0.3) is 0 Å². The lowest BCUT2D eigenvalue weighted by atomic mass is 9.46. The fourth-order valence-corrected chi connectivity index (χ4v) is 6.58. The standard InChI is InChI=1S/C25H41N3O3/c1-18(11-15-28-17-20(12-16-29)26-27-28)7-9-21-19(2)8-10-22-24(21,3)13-6-14-25(22,4)23(30)31-5/h17-18,21-22,29H,2,6-16H2,1,3-5H3/t18-,21+,22?,24-,25+/m1/s1. The van der Waals surface area contributed by atoms with Gasteiger partial charge in [0.1, 0.15) is 0 Å². The van der Waals surface area contributed by atoms with Gasteiger partial charge in [0.15, 0.2) is 0 Å². The molecule has 0 amide bonds. The van der Waals surface area contributed by atoms with Gasteiger partial charge in [-0.1, -0.05) is 44.1 Å². The van der Waals surface area contributed by atoms with Crippen LogP contribution in [-0.4, -0.2) is 39.8 Å². The first-order chi connectivity index (χ1) is 14.7. The minimum absolute atomic E-state index is 0.0311. The average Bonchev–Trinajstić information content (AvgIpc) is 3.18. The first-order valence-electron chi connectivity index (χ1n) is 12.0. The van der Waals surface area contributed by atoms with Crippen LogP contribution in [0.3, 0.4) is 0 Å². The van der Waals surface area contributed by atoms with Crippen molar-refractivity contribution in [3.05, 3.63) is 24.0 Å². The third-order valence-corrected chi connectivity index (χ3v) is 8.42. The molecule has 1 N–H and O–H groups in total. The number of carbonyl (C=O) groups excluding carboxylic acids is 1. The number of aliphatic hydroxyl groups is 1. The number of esters is 1. The number of methoxy groups -OCH3 is 1. The van der Waals surface area contributed by atoms with Gasteiger partial charge in [-0.2, -0.15) is 0 Å². The Morgan fingerprint density at radius 1 is 1.39 bits per heavy atom. The SMILES string of the molecule is C=C1CCC2[C@](C)(CCC[C@]2(C)C(=O)OC)[C@H]1CC[C@@H](C)CCn1cc(CCO)nn1. The van der Waals surface area contributed by atoms with E-state index >= 15 is 0 Å². The van der Waals surface area contributed by atoms with Gasteiger partial charge >= 0.3 is 5.97 Å². The van der Waals surface area contributed by atoms with E-state index in [4.69, 9.17) is 9.84 Å². The van der Waals surface area contributed by atoms with Gasteiger partial charge < -0.3 is 9.84 Å². The van der Waals surface area contributed by atoms with Crippen LogP contribution in [0.5, 0.6) is 0 Å². The predicted molar refractivity (Wildman–Crippen MR) is 121 cm³/mol. The molecule has 174 valence electrons. The van der Waals surface area contributed by atoms with E-state index in [-0.39, 0.29) is 23.4 Å². The monoisotopic (exact) mass is 431 g/mol. The summed E-state index contributed by atoms with van der Waals surface area (Å²) in [5.41, 5.74) is 1.98. The highest BCUT2D eigenvalue weighted by Crippen LogP contribution is 2.62. The molecule has 0 saturated heterocycles. The zero-order valence-electron chi connectivity index (χ0n) is 19.9. The number of carbonyl (C=O) groups is 1. The molecular formula is C25H41N3O3. The quantitative estimate of drug-likeness (QED) is 0.458. The molecule has 0 radical (unpaired) electrons. The first-order valence-corrected chi connectivity index (χ1v) is 12.0. The Morgan fingerprint density at radius 3 is 2.87 bits per heavy atom. The number of rotatable bonds is 9. The Balaban J connectivity index is 1.61. The van der Waals surface area contributed by atoms with E-state index < -0.39 is 0 Å². The molecule has 2 fully saturated rings. The van der Waals surface area contributed by atoms with Gasteiger partial charge in [0.05, 0.1) is 18.2 Å². The van der Waals surface area contributed by atoms with E-state index in [1.54, 1.807) is 0 Å².